The minimum Gasteiger partial charge on any atom is -0.496 e. The van der Waals surface area contributed by atoms with Gasteiger partial charge < -0.3 is 10.1 Å². The molecule has 1 N–H and O–H groups in total. The van der Waals surface area contributed by atoms with Gasteiger partial charge in [0.2, 0.25) is 0 Å². The molecule has 1 heterocycles. The summed E-state index contributed by atoms with van der Waals surface area (Å²) in [6, 6.07) is 8.26. The van der Waals surface area contributed by atoms with Gasteiger partial charge in [-0.25, -0.2) is 0 Å². The fraction of sp³-hybridized carbons (Fsp3) is 0.286. The summed E-state index contributed by atoms with van der Waals surface area (Å²) in [5, 5.41) is 3.33. The third-order valence-electron chi connectivity index (χ3n) is 2.96. The molecule has 2 rings (SSSR count). The molecule has 102 valence electrons. The summed E-state index contributed by atoms with van der Waals surface area (Å²) in [4.78, 5) is 1.19. The molecule has 0 saturated heterocycles. The molecule has 19 heavy (non-hydrogen) atoms. The minimum atomic E-state index is 0.0826. The third-order valence-corrected chi connectivity index (χ3v) is 5.07. The molecule has 0 saturated carbocycles. The first-order valence-electron chi connectivity index (χ1n) is 5.83. The zero-order valence-corrected chi connectivity index (χ0v) is 14.1. The summed E-state index contributed by atoms with van der Waals surface area (Å²) < 4.78 is 7.31. The van der Waals surface area contributed by atoms with E-state index in [0.29, 0.717) is 0 Å². The fourth-order valence-electron chi connectivity index (χ4n) is 2.00. The van der Waals surface area contributed by atoms with Crippen molar-refractivity contribution in [1.82, 2.24) is 5.32 Å². The van der Waals surface area contributed by atoms with Crippen LogP contribution in [0.3, 0.4) is 0 Å². The lowest BCUT2D eigenvalue weighted by atomic mass is 10.0. The van der Waals surface area contributed by atoms with E-state index in [1.807, 2.05) is 26.1 Å². The van der Waals surface area contributed by atoms with Crippen LogP contribution in [-0.4, -0.2) is 14.2 Å². The van der Waals surface area contributed by atoms with Crippen LogP contribution in [0.4, 0.5) is 0 Å². The smallest absolute Gasteiger partial charge is 0.125 e. The van der Waals surface area contributed by atoms with Crippen molar-refractivity contribution in [2.45, 2.75) is 13.0 Å². The Morgan fingerprint density at radius 3 is 2.63 bits per heavy atom. The molecular weight excluding hydrogens is 346 g/mol. The maximum absolute atomic E-state index is 6.17. The lowest BCUT2D eigenvalue weighted by Gasteiger charge is -2.18. The molecule has 0 aliphatic carbocycles. The van der Waals surface area contributed by atoms with Crippen LogP contribution < -0.4 is 10.1 Å². The summed E-state index contributed by atoms with van der Waals surface area (Å²) in [6.07, 6.45) is 0. The standard InChI is InChI=1S/C14H15BrClNOS/c1-8-6-12(19-14(8)16)13(17-2)10-5-4-9(15)7-11(10)18-3/h4-7,13,17H,1-3H3. The molecule has 0 aliphatic rings. The predicted octanol–water partition coefficient (Wildman–Crippen LogP) is 4.79. The molecule has 2 nitrogen and oxygen atoms in total. The van der Waals surface area contributed by atoms with Crippen LogP contribution in [0.15, 0.2) is 28.7 Å². The Hall–Kier alpha value is -0.550. The number of halogens is 2. The van der Waals surface area contributed by atoms with Gasteiger partial charge in [0, 0.05) is 14.9 Å². The Labute approximate surface area is 130 Å². The SMILES string of the molecule is CNC(c1cc(C)c(Cl)s1)c1ccc(Br)cc1OC. The van der Waals surface area contributed by atoms with E-state index in [4.69, 9.17) is 16.3 Å². The van der Waals surface area contributed by atoms with Crippen molar-refractivity contribution in [2.24, 2.45) is 0 Å². The first-order chi connectivity index (χ1) is 9.06. The topological polar surface area (TPSA) is 21.3 Å². The summed E-state index contributed by atoms with van der Waals surface area (Å²) in [5.41, 5.74) is 2.21. The summed E-state index contributed by atoms with van der Waals surface area (Å²) >= 11 is 11.2. The molecule has 0 radical (unpaired) electrons. The molecule has 0 amide bonds. The summed E-state index contributed by atoms with van der Waals surface area (Å²) in [5.74, 6) is 0.857. The Balaban J connectivity index is 2.47. The Morgan fingerprint density at radius 1 is 1.37 bits per heavy atom. The van der Waals surface area contributed by atoms with Crippen molar-refractivity contribution in [3.8, 4) is 5.75 Å². The zero-order valence-electron chi connectivity index (χ0n) is 11.0. The van der Waals surface area contributed by atoms with E-state index in [2.05, 4.69) is 33.4 Å². The first-order valence-corrected chi connectivity index (χ1v) is 7.82. The largest absolute Gasteiger partial charge is 0.496 e. The van der Waals surface area contributed by atoms with Crippen LogP contribution in [0.1, 0.15) is 22.0 Å². The van der Waals surface area contributed by atoms with Gasteiger partial charge in [0.15, 0.2) is 0 Å². The van der Waals surface area contributed by atoms with Crippen LogP contribution in [0, 0.1) is 6.92 Å². The number of thiophene rings is 1. The summed E-state index contributed by atoms with van der Waals surface area (Å²) in [7, 11) is 3.62. The van der Waals surface area contributed by atoms with Crippen LogP contribution in [0.25, 0.3) is 0 Å². The zero-order chi connectivity index (χ0) is 14.0. The number of hydrogen-bond donors (Lipinski definition) is 1. The molecule has 1 aromatic heterocycles. The first kappa shape index (κ1) is 14.9. The van der Waals surface area contributed by atoms with Gasteiger partial charge in [-0.15, -0.1) is 11.3 Å². The Kier molecular flexibility index (Phi) is 4.90. The minimum absolute atomic E-state index is 0.0826. The van der Waals surface area contributed by atoms with E-state index >= 15 is 0 Å². The number of hydrogen-bond acceptors (Lipinski definition) is 3. The molecule has 1 atom stereocenters. The normalized spacial score (nSPS) is 12.5. The summed E-state index contributed by atoms with van der Waals surface area (Å²) in [6.45, 7) is 2.02. The van der Waals surface area contributed by atoms with Crippen LogP contribution in [0.5, 0.6) is 5.75 Å². The molecule has 1 aromatic carbocycles. The fourth-order valence-corrected chi connectivity index (χ4v) is 3.69. The highest BCUT2D eigenvalue weighted by Crippen LogP contribution is 2.37. The highest BCUT2D eigenvalue weighted by Gasteiger charge is 2.19. The lowest BCUT2D eigenvalue weighted by molar-refractivity contribution is 0.405. The molecule has 0 bridgehead atoms. The highest BCUT2D eigenvalue weighted by molar-refractivity contribution is 9.10. The van der Waals surface area contributed by atoms with E-state index in [1.165, 1.54) is 4.88 Å². The molecule has 5 heteroatoms. The van der Waals surface area contributed by atoms with Crippen LogP contribution >= 0.6 is 38.9 Å². The molecule has 0 aliphatic heterocycles. The van der Waals surface area contributed by atoms with Gasteiger partial charge in [-0.3, -0.25) is 0 Å². The van der Waals surface area contributed by atoms with Crippen LogP contribution in [-0.2, 0) is 0 Å². The van der Waals surface area contributed by atoms with Gasteiger partial charge in [0.25, 0.3) is 0 Å². The van der Waals surface area contributed by atoms with E-state index < -0.39 is 0 Å². The van der Waals surface area contributed by atoms with Gasteiger partial charge in [-0.2, -0.15) is 0 Å². The van der Waals surface area contributed by atoms with Gasteiger partial charge >= 0.3 is 0 Å². The maximum atomic E-state index is 6.17. The van der Waals surface area contributed by atoms with Crippen LogP contribution in [0.2, 0.25) is 4.34 Å². The van der Waals surface area contributed by atoms with E-state index in [-0.39, 0.29) is 6.04 Å². The Morgan fingerprint density at radius 2 is 2.11 bits per heavy atom. The predicted molar refractivity (Wildman–Crippen MR) is 85.7 cm³/mol. The third kappa shape index (κ3) is 3.14. The van der Waals surface area contributed by atoms with Crippen molar-refractivity contribution in [1.29, 1.82) is 0 Å². The van der Waals surface area contributed by atoms with Gasteiger partial charge in [-0.1, -0.05) is 33.6 Å². The van der Waals surface area contributed by atoms with Crippen molar-refractivity contribution in [3.05, 3.63) is 49.1 Å². The average Bonchev–Trinajstić information content (AvgIpc) is 2.72. The van der Waals surface area contributed by atoms with Crippen molar-refractivity contribution >= 4 is 38.9 Å². The monoisotopic (exact) mass is 359 g/mol. The van der Waals surface area contributed by atoms with Crippen molar-refractivity contribution < 1.29 is 4.74 Å². The second-order valence-corrected chi connectivity index (χ2v) is 6.81. The van der Waals surface area contributed by atoms with E-state index in [9.17, 15) is 0 Å². The van der Waals surface area contributed by atoms with Gasteiger partial charge in [0.1, 0.15) is 5.75 Å². The second kappa shape index (κ2) is 6.27. The number of benzene rings is 1. The molecular formula is C14H15BrClNOS. The highest BCUT2D eigenvalue weighted by atomic mass is 79.9. The van der Waals surface area contributed by atoms with Gasteiger partial charge in [0.05, 0.1) is 17.5 Å². The number of methoxy groups -OCH3 is 1. The lowest BCUT2D eigenvalue weighted by Crippen LogP contribution is -2.17. The maximum Gasteiger partial charge on any atom is 0.125 e. The quantitative estimate of drug-likeness (QED) is 0.846. The van der Waals surface area contributed by atoms with E-state index in [1.54, 1.807) is 18.4 Å². The second-order valence-electron chi connectivity index (χ2n) is 4.21. The number of nitrogens with one attached hydrogen (secondary N) is 1. The molecule has 2 aromatic rings. The van der Waals surface area contributed by atoms with Gasteiger partial charge in [-0.05, 0) is 37.7 Å². The molecule has 0 spiro atoms. The van der Waals surface area contributed by atoms with E-state index in [0.717, 1.165) is 25.7 Å². The number of ether oxygens (including phenoxy) is 1. The Bertz CT molecular complexity index is 565. The number of aryl methyl sites for hydroxylation is 1. The number of rotatable bonds is 4. The molecule has 1 unspecified atom stereocenters. The van der Waals surface area contributed by atoms with Crippen molar-refractivity contribution in [3.63, 3.8) is 0 Å². The molecule has 0 fully saturated rings. The average molecular weight is 361 g/mol. The van der Waals surface area contributed by atoms with Crippen molar-refractivity contribution in [2.75, 3.05) is 14.2 Å².